The van der Waals surface area contributed by atoms with E-state index in [9.17, 15) is 0 Å². The molecular weight excluding hydrogens is 184 g/mol. The van der Waals surface area contributed by atoms with Crippen molar-refractivity contribution in [2.45, 2.75) is 19.4 Å². The van der Waals surface area contributed by atoms with E-state index in [0.29, 0.717) is 21.6 Å². The topological polar surface area (TPSA) is 59.1 Å². The number of aliphatic hydroxyl groups is 1. The zero-order chi connectivity index (χ0) is 8.43. The van der Waals surface area contributed by atoms with Crippen molar-refractivity contribution in [1.82, 2.24) is 4.98 Å². The maximum absolute atomic E-state index is 9.00. The lowest BCUT2D eigenvalue weighted by Gasteiger charge is -1.99. The van der Waals surface area contributed by atoms with Gasteiger partial charge in [-0.1, -0.05) is 22.9 Å². The van der Waals surface area contributed by atoms with Gasteiger partial charge in [-0.2, -0.15) is 0 Å². The summed E-state index contributed by atoms with van der Waals surface area (Å²) in [7, 11) is 0. The lowest BCUT2D eigenvalue weighted by atomic mass is 10.2. The number of nitrogens with zero attached hydrogens (tertiary/aromatic N) is 1. The smallest absolute Gasteiger partial charge is 0.181 e. The minimum atomic E-state index is -0.422. The number of aliphatic hydroxyl groups excluding tert-OH is 1. The highest BCUT2D eigenvalue weighted by Gasteiger charge is 2.08. The van der Waals surface area contributed by atoms with Crippen LogP contribution in [0.5, 0.6) is 0 Å². The van der Waals surface area contributed by atoms with E-state index in [2.05, 4.69) is 4.98 Å². The molecule has 1 aromatic heterocycles. The van der Waals surface area contributed by atoms with Crippen LogP contribution in [0, 0.1) is 0 Å². The fourth-order valence-electron chi connectivity index (χ4n) is 0.756. The van der Waals surface area contributed by atoms with Gasteiger partial charge in [0.1, 0.15) is 4.34 Å². The molecule has 0 aliphatic heterocycles. The second-order valence-electron chi connectivity index (χ2n) is 2.33. The monoisotopic (exact) mass is 192 g/mol. The van der Waals surface area contributed by atoms with Crippen LogP contribution in [0.3, 0.4) is 0 Å². The Bertz CT molecular complexity index is 249. The van der Waals surface area contributed by atoms with Gasteiger partial charge in [0.15, 0.2) is 5.13 Å². The lowest BCUT2D eigenvalue weighted by molar-refractivity contribution is 0.194. The molecule has 0 saturated heterocycles. The number of aromatic nitrogens is 1. The molecule has 0 spiro atoms. The Morgan fingerprint density at radius 1 is 1.82 bits per heavy atom. The molecule has 0 radical (unpaired) electrons. The Hall–Kier alpha value is -0.320. The number of halogens is 1. The predicted octanol–water partition coefficient (Wildman–Crippen LogP) is 1.30. The second kappa shape index (κ2) is 3.38. The van der Waals surface area contributed by atoms with Crippen LogP contribution in [0.25, 0.3) is 0 Å². The Kier molecular flexibility index (Phi) is 2.70. The molecule has 62 valence electrons. The predicted molar refractivity (Wildman–Crippen MR) is 46.9 cm³/mol. The summed E-state index contributed by atoms with van der Waals surface area (Å²) in [6, 6.07) is 0. The van der Waals surface area contributed by atoms with Crippen molar-refractivity contribution in [2.75, 3.05) is 5.73 Å². The molecule has 0 aliphatic carbocycles. The highest BCUT2D eigenvalue weighted by Crippen LogP contribution is 2.26. The zero-order valence-corrected chi connectivity index (χ0v) is 7.61. The summed E-state index contributed by atoms with van der Waals surface area (Å²) < 4.78 is 0.573. The SMILES string of the molecule is CC(O)Cc1nc(N)sc1Cl. The Labute approximate surface area is 73.8 Å². The van der Waals surface area contributed by atoms with E-state index in [1.165, 1.54) is 11.3 Å². The molecule has 0 aliphatic rings. The van der Waals surface area contributed by atoms with Gasteiger partial charge in [-0.15, -0.1) is 0 Å². The molecule has 1 atom stereocenters. The van der Waals surface area contributed by atoms with Gasteiger partial charge in [-0.25, -0.2) is 4.98 Å². The highest BCUT2D eigenvalue weighted by atomic mass is 35.5. The molecule has 0 aromatic carbocycles. The van der Waals surface area contributed by atoms with Crippen LogP contribution < -0.4 is 5.73 Å². The van der Waals surface area contributed by atoms with Gasteiger partial charge < -0.3 is 10.8 Å². The molecule has 0 saturated carbocycles. The quantitative estimate of drug-likeness (QED) is 0.743. The van der Waals surface area contributed by atoms with Crippen LogP contribution in [-0.2, 0) is 6.42 Å². The fourth-order valence-corrected chi connectivity index (χ4v) is 1.70. The number of thiazole rings is 1. The average molecular weight is 193 g/mol. The maximum Gasteiger partial charge on any atom is 0.181 e. The Balaban J connectivity index is 2.77. The van der Waals surface area contributed by atoms with Crippen LogP contribution in [-0.4, -0.2) is 16.2 Å². The van der Waals surface area contributed by atoms with Gasteiger partial charge in [-0.05, 0) is 6.92 Å². The van der Waals surface area contributed by atoms with E-state index in [4.69, 9.17) is 22.4 Å². The number of hydrogen-bond donors (Lipinski definition) is 2. The number of anilines is 1. The molecule has 0 amide bonds. The summed E-state index contributed by atoms with van der Waals surface area (Å²) in [5.74, 6) is 0. The van der Waals surface area contributed by atoms with E-state index < -0.39 is 6.10 Å². The third kappa shape index (κ3) is 2.32. The van der Waals surface area contributed by atoms with Gasteiger partial charge in [-0.3, -0.25) is 0 Å². The van der Waals surface area contributed by atoms with E-state index >= 15 is 0 Å². The molecule has 1 aromatic rings. The van der Waals surface area contributed by atoms with Crippen LogP contribution in [0.2, 0.25) is 4.34 Å². The van der Waals surface area contributed by atoms with Gasteiger partial charge in [0.25, 0.3) is 0 Å². The lowest BCUT2D eigenvalue weighted by Crippen LogP contribution is -2.04. The number of nitrogens with two attached hydrogens (primary N) is 1. The van der Waals surface area contributed by atoms with Crippen molar-refractivity contribution in [3.8, 4) is 0 Å². The Morgan fingerprint density at radius 3 is 2.82 bits per heavy atom. The summed E-state index contributed by atoms with van der Waals surface area (Å²) in [6.07, 6.45) is 0.0426. The summed E-state index contributed by atoms with van der Waals surface area (Å²) in [4.78, 5) is 3.95. The number of nitrogen functional groups attached to an aromatic ring is 1. The summed E-state index contributed by atoms with van der Waals surface area (Å²) in [5.41, 5.74) is 6.08. The van der Waals surface area contributed by atoms with Gasteiger partial charge in [0, 0.05) is 6.42 Å². The van der Waals surface area contributed by atoms with E-state index in [0.717, 1.165) is 0 Å². The van der Waals surface area contributed by atoms with E-state index in [1.54, 1.807) is 6.92 Å². The standard InChI is InChI=1S/C6H9ClN2OS/c1-3(10)2-4-5(7)11-6(8)9-4/h3,10H,2H2,1H3,(H2,8,9). The normalized spacial score (nSPS) is 13.4. The fraction of sp³-hybridized carbons (Fsp3) is 0.500. The molecule has 3 N–H and O–H groups in total. The highest BCUT2D eigenvalue weighted by molar-refractivity contribution is 7.19. The first-order chi connectivity index (χ1) is 5.09. The van der Waals surface area contributed by atoms with Gasteiger partial charge in [0.2, 0.25) is 0 Å². The van der Waals surface area contributed by atoms with Crippen LogP contribution in [0.15, 0.2) is 0 Å². The maximum atomic E-state index is 9.00. The molecule has 1 rings (SSSR count). The van der Waals surface area contributed by atoms with Crippen molar-refractivity contribution in [1.29, 1.82) is 0 Å². The van der Waals surface area contributed by atoms with Crippen LogP contribution >= 0.6 is 22.9 Å². The van der Waals surface area contributed by atoms with Gasteiger partial charge >= 0.3 is 0 Å². The molecule has 0 fully saturated rings. The zero-order valence-electron chi connectivity index (χ0n) is 6.04. The first-order valence-corrected chi connectivity index (χ1v) is 4.37. The molecule has 3 nitrogen and oxygen atoms in total. The average Bonchev–Trinajstić information content (AvgIpc) is 2.09. The molecule has 0 bridgehead atoms. The summed E-state index contributed by atoms with van der Waals surface area (Å²) >= 11 is 6.99. The van der Waals surface area contributed by atoms with E-state index in [-0.39, 0.29) is 0 Å². The summed E-state index contributed by atoms with van der Waals surface area (Å²) in [6.45, 7) is 1.69. The molecule has 11 heavy (non-hydrogen) atoms. The van der Waals surface area contributed by atoms with Crippen LogP contribution in [0.4, 0.5) is 5.13 Å². The molecule has 1 unspecified atom stereocenters. The second-order valence-corrected chi connectivity index (χ2v) is 3.96. The van der Waals surface area contributed by atoms with Crippen molar-refractivity contribution in [3.63, 3.8) is 0 Å². The van der Waals surface area contributed by atoms with Crippen molar-refractivity contribution < 1.29 is 5.11 Å². The van der Waals surface area contributed by atoms with Crippen molar-refractivity contribution in [3.05, 3.63) is 10.0 Å². The summed E-state index contributed by atoms with van der Waals surface area (Å²) in [5, 5.41) is 9.45. The first-order valence-electron chi connectivity index (χ1n) is 3.18. The van der Waals surface area contributed by atoms with Gasteiger partial charge in [0.05, 0.1) is 11.8 Å². The van der Waals surface area contributed by atoms with Crippen LogP contribution in [0.1, 0.15) is 12.6 Å². The molecule has 1 heterocycles. The first kappa shape index (κ1) is 8.77. The third-order valence-corrected chi connectivity index (χ3v) is 2.32. The minimum Gasteiger partial charge on any atom is -0.393 e. The molecule has 5 heteroatoms. The third-order valence-electron chi connectivity index (χ3n) is 1.15. The van der Waals surface area contributed by atoms with Crippen molar-refractivity contribution in [2.24, 2.45) is 0 Å². The number of rotatable bonds is 2. The van der Waals surface area contributed by atoms with Crippen molar-refractivity contribution >= 4 is 28.1 Å². The minimum absolute atomic E-state index is 0.422. The molecular formula is C6H9ClN2OS. The number of hydrogen-bond acceptors (Lipinski definition) is 4. The Morgan fingerprint density at radius 2 is 2.45 bits per heavy atom. The largest absolute Gasteiger partial charge is 0.393 e. The van der Waals surface area contributed by atoms with E-state index in [1.807, 2.05) is 0 Å².